The van der Waals surface area contributed by atoms with E-state index < -0.39 is 6.10 Å². The first-order valence-corrected chi connectivity index (χ1v) is 9.04. The number of nitrogens with one attached hydrogen (secondary N) is 1. The Morgan fingerprint density at radius 1 is 1.43 bits per heavy atom. The number of aryl methyl sites for hydroxylation is 1. The quantitative estimate of drug-likeness (QED) is 0.365. The number of aromatic nitrogens is 2. The lowest BCUT2D eigenvalue weighted by molar-refractivity contribution is -0.120. The van der Waals surface area contributed by atoms with Gasteiger partial charge in [-0.05, 0) is 17.7 Å². The second-order valence-corrected chi connectivity index (χ2v) is 6.77. The maximum absolute atomic E-state index is 12.5. The van der Waals surface area contributed by atoms with Crippen molar-refractivity contribution in [3.63, 3.8) is 0 Å². The van der Waals surface area contributed by atoms with E-state index in [1.54, 1.807) is 41.0 Å². The van der Waals surface area contributed by atoms with Gasteiger partial charge in [0.15, 0.2) is 5.96 Å². The molecule has 1 aliphatic heterocycles. The van der Waals surface area contributed by atoms with Gasteiger partial charge in [-0.15, -0.1) is 24.0 Å². The molecule has 1 aliphatic rings. The summed E-state index contributed by atoms with van der Waals surface area (Å²) in [6, 6.07) is 7.10. The molecule has 2 heterocycles. The molecular weight excluding hydrogens is 495 g/mol. The van der Waals surface area contributed by atoms with Gasteiger partial charge in [-0.2, -0.15) is 5.10 Å². The van der Waals surface area contributed by atoms with Gasteiger partial charge < -0.3 is 20.2 Å². The smallest absolute Gasteiger partial charge is 0.246 e. The standard InChI is InChI=1S/C18H23ClN6O2.HI/c1-20-18(21-10-16(26)13-4-3-5-14(19)8-13)24-6-7-25(17(27)12-24)15-9-22-23(2)11-15;/h3-5,8-9,11,16,26H,6-7,10,12H2,1-2H3,(H,20,21);1H. The van der Waals surface area contributed by atoms with Gasteiger partial charge in [0.25, 0.3) is 0 Å². The van der Waals surface area contributed by atoms with Crippen molar-refractivity contribution >= 4 is 53.1 Å². The number of hydrogen-bond donors (Lipinski definition) is 2. The van der Waals surface area contributed by atoms with Crippen LogP contribution >= 0.6 is 35.6 Å². The van der Waals surface area contributed by atoms with E-state index in [9.17, 15) is 9.90 Å². The maximum atomic E-state index is 12.5. The number of halogens is 2. The number of aliphatic imine (C=N–C) groups is 1. The highest BCUT2D eigenvalue weighted by Gasteiger charge is 2.27. The molecule has 1 amide bonds. The molecule has 0 bridgehead atoms. The normalized spacial score (nSPS) is 16.0. The molecule has 0 radical (unpaired) electrons. The third-order valence-electron chi connectivity index (χ3n) is 4.42. The summed E-state index contributed by atoms with van der Waals surface area (Å²) in [4.78, 5) is 20.4. The van der Waals surface area contributed by atoms with E-state index in [2.05, 4.69) is 15.4 Å². The Morgan fingerprint density at radius 3 is 2.82 bits per heavy atom. The van der Waals surface area contributed by atoms with Gasteiger partial charge >= 0.3 is 0 Å². The number of carbonyl (C=O) groups excluding carboxylic acids is 1. The van der Waals surface area contributed by atoms with E-state index in [0.717, 1.165) is 11.3 Å². The van der Waals surface area contributed by atoms with Gasteiger partial charge in [-0.25, -0.2) is 0 Å². The molecule has 3 rings (SSSR count). The van der Waals surface area contributed by atoms with Crippen molar-refractivity contribution in [2.75, 3.05) is 38.1 Å². The van der Waals surface area contributed by atoms with E-state index in [1.165, 1.54) is 0 Å². The summed E-state index contributed by atoms with van der Waals surface area (Å²) in [6.07, 6.45) is 2.78. The van der Waals surface area contributed by atoms with Crippen molar-refractivity contribution in [1.29, 1.82) is 0 Å². The van der Waals surface area contributed by atoms with Gasteiger partial charge in [0.05, 0.1) is 18.0 Å². The van der Waals surface area contributed by atoms with Gasteiger partial charge in [-0.1, -0.05) is 23.7 Å². The lowest BCUT2D eigenvalue weighted by Crippen LogP contribution is -2.55. The summed E-state index contributed by atoms with van der Waals surface area (Å²) in [6.45, 7) is 1.65. The number of hydrogen-bond acceptors (Lipinski definition) is 4. The van der Waals surface area contributed by atoms with Crippen molar-refractivity contribution in [3.05, 3.63) is 47.2 Å². The summed E-state index contributed by atoms with van der Waals surface area (Å²) in [7, 11) is 3.48. The lowest BCUT2D eigenvalue weighted by Gasteiger charge is -2.35. The van der Waals surface area contributed by atoms with Crippen molar-refractivity contribution in [1.82, 2.24) is 20.0 Å². The minimum Gasteiger partial charge on any atom is -0.387 e. The van der Waals surface area contributed by atoms with Crippen LogP contribution in [0, 0.1) is 0 Å². The van der Waals surface area contributed by atoms with Crippen LogP contribution in [0.5, 0.6) is 0 Å². The lowest BCUT2D eigenvalue weighted by atomic mass is 10.1. The Bertz CT molecular complexity index is 843. The summed E-state index contributed by atoms with van der Waals surface area (Å²) in [5.74, 6) is 0.558. The number of benzene rings is 1. The number of carbonyl (C=O) groups is 1. The molecule has 1 aromatic carbocycles. The second-order valence-electron chi connectivity index (χ2n) is 6.34. The number of piperazine rings is 1. The van der Waals surface area contributed by atoms with Crippen LogP contribution in [0.3, 0.4) is 0 Å². The predicted molar refractivity (Wildman–Crippen MR) is 120 cm³/mol. The molecule has 1 unspecified atom stereocenters. The first-order valence-electron chi connectivity index (χ1n) is 8.66. The Hall–Kier alpha value is -1.85. The van der Waals surface area contributed by atoms with Gasteiger partial charge in [0.1, 0.15) is 6.54 Å². The fourth-order valence-corrected chi connectivity index (χ4v) is 3.23. The van der Waals surface area contributed by atoms with Gasteiger partial charge in [0.2, 0.25) is 5.91 Å². The largest absolute Gasteiger partial charge is 0.387 e. The van der Waals surface area contributed by atoms with Crippen LogP contribution in [0.2, 0.25) is 5.02 Å². The molecular formula is C18H24ClIN6O2. The Kier molecular flexibility index (Phi) is 8.08. The average Bonchev–Trinajstić information content (AvgIpc) is 3.08. The van der Waals surface area contributed by atoms with E-state index >= 15 is 0 Å². The molecule has 1 aromatic heterocycles. The number of nitrogens with zero attached hydrogens (tertiary/aromatic N) is 5. The molecule has 0 spiro atoms. The van der Waals surface area contributed by atoms with E-state index in [4.69, 9.17) is 11.6 Å². The van der Waals surface area contributed by atoms with E-state index in [-0.39, 0.29) is 43.0 Å². The molecule has 28 heavy (non-hydrogen) atoms. The average molecular weight is 519 g/mol. The topological polar surface area (TPSA) is 86.0 Å². The summed E-state index contributed by atoms with van der Waals surface area (Å²) in [5, 5.41) is 18.2. The Balaban J connectivity index is 0.00000280. The number of rotatable bonds is 4. The zero-order valence-electron chi connectivity index (χ0n) is 15.7. The number of aliphatic hydroxyl groups excluding tert-OH is 1. The maximum Gasteiger partial charge on any atom is 0.246 e. The van der Waals surface area contributed by atoms with E-state index in [0.29, 0.717) is 24.1 Å². The molecule has 2 aromatic rings. The van der Waals surface area contributed by atoms with Crippen LogP contribution in [0.15, 0.2) is 41.7 Å². The third kappa shape index (κ3) is 5.36. The molecule has 10 heteroatoms. The predicted octanol–water partition coefficient (Wildman–Crippen LogP) is 1.65. The third-order valence-corrected chi connectivity index (χ3v) is 4.66. The van der Waals surface area contributed by atoms with Crippen molar-refractivity contribution in [2.45, 2.75) is 6.10 Å². The zero-order valence-corrected chi connectivity index (χ0v) is 18.8. The van der Waals surface area contributed by atoms with Gasteiger partial charge in [0, 0.05) is 44.9 Å². The molecule has 1 atom stereocenters. The van der Waals surface area contributed by atoms with Crippen molar-refractivity contribution < 1.29 is 9.90 Å². The molecule has 0 aliphatic carbocycles. The van der Waals surface area contributed by atoms with E-state index in [1.807, 2.05) is 24.2 Å². The fourth-order valence-electron chi connectivity index (χ4n) is 3.03. The number of amides is 1. The molecule has 1 fully saturated rings. The molecule has 1 saturated heterocycles. The Labute approximate surface area is 186 Å². The van der Waals surface area contributed by atoms with Crippen molar-refractivity contribution in [3.8, 4) is 0 Å². The number of guanidine groups is 1. The van der Waals surface area contributed by atoms with Gasteiger partial charge in [-0.3, -0.25) is 14.5 Å². The molecule has 152 valence electrons. The minimum absolute atomic E-state index is 0. The summed E-state index contributed by atoms with van der Waals surface area (Å²) in [5.41, 5.74) is 1.52. The molecule has 8 nitrogen and oxygen atoms in total. The van der Waals surface area contributed by atoms with Crippen LogP contribution < -0.4 is 10.2 Å². The van der Waals surface area contributed by atoms with Crippen LogP contribution in [0.4, 0.5) is 5.69 Å². The first-order chi connectivity index (χ1) is 13.0. The minimum atomic E-state index is -0.729. The number of aliphatic hydroxyl groups is 1. The summed E-state index contributed by atoms with van der Waals surface area (Å²) >= 11 is 5.97. The monoisotopic (exact) mass is 518 g/mol. The highest BCUT2D eigenvalue weighted by molar-refractivity contribution is 14.0. The van der Waals surface area contributed by atoms with Crippen molar-refractivity contribution in [2.24, 2.45) is 12.0 Å². The highest BCUT2D eigenvalue weighted by Crippen LogP contribution is 2.18. The fraction of sp³-hybridized carbons (Fsp3) is 0.389. The number of anilines is 1. The highest BCUT2D eigenvalue weighted by atomic mass is 127. The zero-order chi connectivity index (χ0) is 19.4. The molecule has 2 N–H and O–H groups in total. The van der Waals surface area contributed by atoms with Crippen LogP contribution in [0.25, 0.3) is 0 Å². The Morgan fingerprint density at radius 2 is 2.21 bits per heavy atom. The molecule has 0 saturated carbocycles. The van der Waals surface area contributed by atoms with Crippen LogP contribution in [-0.2, 0) is 11.8 Å². The summed E-state index contributed by atoms with van der Waals surface area (Å²) < 4.78 is 1.67. The second kappa shape index (κ2) is 10.1. The first kappa shape index (κ1) is 22.4. The van der Waals surface area contributed by atoms with Crippen LogP contribution in [0.1, 0.15) is 11.7 Å². The SMILES string of the molecule is CN=C(NCC(O)c1cccc(Cl)c1)N1CCN(c2cnn(C)c2)C(=O)C1.I. The van der Waals surface area contributed by atoms with Crippen LogP contribution in [-0.4, -0.2) is 64.9 Å².